The molecule has 0 saturated heterocycles. The molecule has 1 N–H and O–H groups in total. The predicted molar refractivity (Wildman–Crippen MR) is 48.0 cm³/mol. The van der Waals surface area contributed by atoms with Gasteiger partial charge in [0.1, 0.15) is 5.82 Å². The van der Waals surface area contributed by atoms with E-state index in [4.69, 9.17) is 0 Å². The molecule has 0 spiro atoms. The number of hydrogen-bond donors (Lipinski definition) is 1. The van der Waals surface area contributed by atoms with Gasteiger partial charge in [0.15, 0.2) is 0 Å². The Morgan fingerprint density at radius 2 is 2.00 bits per heavy atom. The van der Waals surface area contributed by atoms with Crippen LogP contribution in [0.4, 0.5) is 14.6 Å². The van der Waals surface area contributed by atoms with Gasteiger partial charge in [-0.1, -0.05) is 0 Å². The lowest BCUT2D eigenvalue weighted by molar-refractivity contribution is 0.151. The monoisotopic (exact) mass is 186 g/mol. The van der Waals surface area contributed by atoms with Crippen LogP contribution in [0.25, 0.3) is 0 Å². The van der Waals surface area contributed by atoms with E-state index in [1.807, 2.05) is 13.8 Å². The molecule has 1 aromatic heterocycles. The van der Waals surface area contributed by atoms with Crippen molar-refractivity contribution in [3.05, 3.63) is 23.9 Å². The fourth-order valence-corrected chi connectivity index (χ4v) is 0.916. The summed E-state index contributed by atoms with van der Waals surface area (Å²) in [5, 5.41) is 3.01. The van der Waals surface area contributed by atoms with Crippen molar-refractivity contribution in [1.29, 1.82) is 0 Å². The van der Waals surface area contributed by atoms with E-state index in [-0.39, 0.29) is 11.6 Å². The normalized spacial score (nSPS) is 10.9. The highest BCUT2D eigenvalue weighted by Crippen LogP contribution is 2.18. The van der Waals surface area contributed by atoms with Gasteiger partial charge in [0.2, 0.25) is 0 Å². The molecule has 0 unspecified atom stereocenters. The van der Waals surface area contributed by atoms with Crippen LogP contribution in [-0.2, 0) is 0 Å². The van der Waals surface area contributed by atoms with Crippen molar-refractivity contribution in [3.8, 4) is 0 Å². The van der Waals surface area contributed by atoms with Crippen molar-refractivity contribution in [3.63, 3.8) is 0 Å². The topological polar surface area (TPSA) is 24.9 Å². The van der Waals surface area contributed by atoms with Gasteiger partial charge in [-0.3, -0.25) is 0 Å². The molecule has 0 amide bonds. The molecule has 72 valence electrons. The second kappa shape index (κ2) is 4.16. The summed E-state index contributed by atoms with van der Waals surface area (Å²) >= 11 is 0. The van der Waals surface area contributed by atoms with Gasteiger partial charge in [0, 0.05) is 17.8 Å². The first-order chi connectivity index (χ1) is 6.09. The van der Waals surface area contributed by atoms with E-state index in [1.165, 1.54) is 12.3 Å². The third kappa shape index (κ3) is 2.97. The van der Waals surface area contributed by atoms with Crippen molar-refractivity contribution in [1.82, 2.24) is 4.98 Å². The summed E-state index contributed by atoms with van der Waals surface area (Å²) in [4.78, 5) is 3.85. The number of anilines is 1. The molecule has 0 aromatic carbocycles. The van der Waals surface area contributed by atoms with E-state index >= 15 is 0 Å². The van der Waals surface area contributed by atoms with Gasteiger partial charge in [-0.2, -0.15) is 0 Å². The number of pyridine rings is 1. The lowest BCUT2D eigenvalue weighted by Crippen LogP contribution is -2.10. The molecule has 0 fully saturated rings. The Morgan fingerprint density at radius 3 is 2.38 bits per heavy atom. The molecule has 0 bridgehead atoms. The van der Waals surface area contributed by atoms with Crippen LogP contribution in [0.2, 0.25) is 0 Å². The van der Waals surface area contributed by atoms with Crippen LogP contribution in [0.1, 0.15) is 25.8 Å². The second-order valence-corrected chi connectivity index (χ2v) is 3.08. The number of nitrogens with one attached hydrogen (secondary N) is 1. The minimum atomic E-state index is -2.44. The maximum absolute atomic E-state index is 12.1. The first-order valence-electron chi connectivity index (χ1n) is 4.10. The standard InChI is InChI=1S/C9H12F2N2/c1-6(2)13-8-4-3-7(5-12-8)9(10)11/h3-6,9H,1-2H3,(H,12,13). The van der Waals surface area contributed by atoms with Gasteiger partial charge < -0.3 is 5.32 Å². The second-order valence-electron chi connectivity index (χ2n) is 3.08. The third-order valence-corrected chi connectivity index (χ3v) is 1.47. The smallest absolute Gasteiger partial charge is 0.265 e. The molecule has 0 radical (unpaired) electrons. The van der Waals surface area contributed by atoms with E-state index in [1.54, 1.807) is 6.07 Å². The molecule has 1 heterocycles. The number of hydrogen-bond acceptors (Lipinski definition) is 2. The number of nitrogens with zero attached hydrogens (tertiary/aromatic N) is 1. The third-order valence-electron chi connectivity index (χ3n) is 1.47. The van der Waals surface area contributed by atoms with Gasteiger partial charge >= 0.3 is 0 Å². The van der Waals surface area contributed by atoms with E-state index in [9.17, 15) is 8.78 Å². The number of alkyl halides is 2. The van der Waals surface area contributed by atoms with Gasteiger partial charge in [0.05, 0.1) is 0 Å². The van der Waals surface area contributed by atoms with Gasteiger partial charge in [-0.25, -0.2) is 13.8 Å². The largest absolute Gasteiger partial charge is 0.368 e. The lowest BCUT2D eigenvalue weighted by Gasteiger charge is -2.08. The molecule has 1 rings (SSSR count). The summed E-state index contributed by atoms with van der Waals surface area (Å²) < 4.78 is 24.2. The summed E-state index contributed by atoms with van der Waals surface area (Å²) in [5.41, 5.74) is -0.0469. The molecule has 0 aliphatic heterocycles. The Morgan fingerprint density at radius 1 is 1.31 bits per heavy atom. The van der Waals surface area contributed by atoms with Crippen molar-refractivity contribution in [2.24, 2.45) is 0 Å². The molecular weight excluding hydrogens is 174 g/mol. The van der Waals surface area contributed by atoms with Crippen molar-refractivity contribution >= 4 is 5.82 Å². The fraction of sp³-hybridized carbons (Fsp3) is 0.444. The molecule has 4 heteroatoms. The fourth-order valence-electron chi connectivity index (χ4n) is 0.916. The highest BCUT2D eigenvalue weighted by molar-refractivity contribution is 5.36. The molecule has 0 atom stereocenters. The Kier molecular flexibility index (Phi) is 3.17. The van der Waals surface area contributed by atoms with E-state index in [0.717, 1.165) is 0 Å². The molecule has 13 heavy (non-hydrogen) atoms. The Bertz CT molecular complexity index is 257. The molecule has 1 aromatic rings. The van der Waals surface area contributed by atoms with Crippen LogP contribution >= 0.6 is 0 Å². The van der Waals surface area contributed by atoms with Crippen LogP contribution in [0.3, 0.4) is 0 Å². The number of halogens is 2. The molecule has 2 nitrogen and oxygen atoms in total. The highest BCUT2D eigenvalue weighted by Gasteiger charge is 2.06. The van der Waals surface area contributed by atoms with Crippen LogP contribution < -0.4 is 5.32 Å². The van der Waals surface area contributed by atoms with Crippen LogP contribution in [0.15, 0.2) is 18.3 Å². The van der Waals surface area contributed by atoms with Crippen molar-refractivity contribution in [2.75, 3.05) is 5.32 Å². The first kappa shape index (κ1) is 9.89. The summed E-state index contributed by atoms with van der Waals surface area (Å²) in [6, 6.07) is 3.19. The van der Waals surface area contributed by atoms with Gasteiger partial charge in [-0.15, -0.1) is 0 Å². The Balaban J connectivity index is 2.70. The highest BCUT2D eigenvalue weighted by atomic mass is 19.3. The zero-order chi connectivity index (χ0) is 9.84. The number of aromatic nitrogens is 1. The minimum absolute atomic E-state index is 0.0469. The zero-order valence-electron chi connectivity index (χ0n) is 7.59. The summed E-state index contributed by atoms with van der Waals surface area (Å²) in [5.74, 6) is 0.624. The van der Waals surface area contributed by atoms with Gasteiger partial charge in [-0.05, 0) is 26.0 Å². The lowest BCUT2D eigenvalue weighted by atomic mass is 10.3. The maximum atomic E-state index is 12.1. The van der Waals surface area contributed by atoms with Gasteiger partial charge in [0.25, 0.3) is 6.43 Å². The van der Waals surface area contributed by atoms with E-state index in [2.05, 4.69) is 10.3 Å². The molecule has 0 aliphatic rings. The zero-order valence-corrected chi connectivity index (χ0v) is 7.59. The summed E-state index contributed by atoms with van der Waals surface area (Å²) in [6.45, 7) is 3.92. The first-order valence-corrected chi connectivity index (χ1v) is 4.10. The maximum Gasteiger partial charge on any atom is 0.265 e. The predicted octanol–water partition coefficient (Wildman–Crippen LogP) is 2.84. The minimum Gasteiger partial charge on any atom is -0.368 e. The average molecular weight is 186 g/mol. The Hall–Kier alpha value is -1.19. The van der Waals surface area contributed by atoms with E-state index in [0.29, 0.717) is 5.82 Å². The van der Waals surface area contributed by atoms with E-state index < -0.39 is 6.43 Å². The molecule has 0 saturated carbocycles. The summed E-state index contributed by atoms with van der Waals surface area (Å²) in [7, 11) is 0. The SMILES string of the molecule is CC(C)Nc1ccc(C(F)F)cn1. The Labute approximate surface area is 76.0 Å². The average Bonchev–Trinajstić information content (AvgIpc) is 2.04. The van der Waals surface area contributed by atoms with Crippen molar-refractivity contribution < 1.29 is 8.78 Å². The number of rotatable bonds is 3. The summed E-state index contributed by atoms with van der Waals surface area (Å²) in [6.07, 6.45) is -1.25. The molecule has 0 aliphatic carbocycles. The van der Waals surface area contributed by atoms with Crippen LogP contribution in [-0.4, -0.2) is 11.0 Å². The quantitative estimate of drug-likeness (QED) is 0.785. The molecular formula is C9H12F2N2. The van der Waals surface area contributed by atoms with Crippen molar-refractivity contribution in [2.45, 2.75) is 26.3 Å². The van der Waals surface area contributed by atoms with Crippen LogP contribution in [0, 0.1) is 0 Å². The van der Waals surface area contributed by atoms with Crippen LogP contribution in [0.5, 0.6) is 0 Å².